The Bertz CT molecular complexity index is 1070. The largest absolute Gasteiger partial charge is 0.389 e. The molecule has 8 nitrogen and oxygen atoms in total. The average molecular weight is 416 g/mol. The number of imidazole rings is 1. The molecule has 29 heavy (non-hydrogen) atoms. The van der Waals surface area contributed by atoms with E-state index in [0.717, 1.165) is 35.7 Å². The Morgan fingerprint density at radius 2 is 2.24 bits per heavy atom. The number of amides is 1. The third-order valence-corrected chi connectivity index (χ3v) is 6.03. The van der Waals surface area contributed by atoms with E-state index in [1.54, 1.807) is 23.5 Å². The van der Waals surface area contributed by atoms with E-state index in [1.165, 1.54) is 4.88 Å². The molecule has 1 aliphatic rings. The molecule has 3 aromatic rings. The third-order valence-electron chi connectivity index (χ3n) is 5.11. The number of fused-ring (bicyclic) bond motifs is 1. The number of thiazole rings is 1. The van der Waals surface area contributed by atoms with E-state index >= 15 is 0 Å². The van der Waals surface area contributed by atoms with Gasteiger partial charge in [0.2, 0.25) is 0 Å². The zero-order valence-corrected chi connectivity index (χ0v) is 17.4. The van der Waals surface area contributed by atoms with Gasteiger partial charge >= 0.3 is 0 Å². The molecule has 0 spiro atoms. The zero-order chi connectivity index (χ0) is 20.6. The summed E-state index contributed by atoms with van der Waals surface area (Å²) in [4.78, 5) is 36.2. The fourth-order valence-electron chi connectivity index (χ4n) is 3.80. The molecule has 0 unspecified atom stereocenters. The Labute approximate surface area is 172 Å². The summed E-state index contributed by atoms with van der Waals surface area (Å²) in [6.45, 7) is 6.10. The lowest BCUT2D eigenvalue weighted by atomic mass is 9.95. The summed E-state index contributed by atoms with van der Waals surface area (Å²) in [5.41, 5.74) is 0.448. The van der Waals surface area contributed by atoms with Crippen molar-refractivity contribution in [1.29, 1.82) is 0 Å². The number of likely N-dealkylation sites (tertiary alicyclic amines) is 1. The van der Waals surface area contributed by atoms with Gasteiger partial charge in [-0.1, -0.05) is 0 Å². The lowest BCUT2D eigenvalue weighted by Gasteiger charge is -2.36. The van der Waals surface area contributed by atoms with E-state index in [2.05, 4.69) is 20.2 Å². The minimum absolute atomic E-state index is 0.0799. The Morgan fingerprint density at radius 1 is 1.41 bits per heavy atom. The van der Waals surface area contributed by atoms with E-state index in [9.17, 15) is 14.7 Å². The molecule has 0 aromatic carbocycles. The number of pyridine rings is 1. The molecule has 154 valence electrons. The number of aromatic nitrogens is 3. The number of carbonyl (C=O) groups is 1. The lowest BCUT2D eigenvalue weighted by molar-refractivity contribution is -0.0185. The number of H-pyrrole nitrogens is 1. The third kappa shape index (κ3) is 4.58. The molecule has 0 aliphatic carbocycles. The van der Waals surface area contributed by atoms with Crippen molar-refractivity contribution in [2.24, 2.45) is 0 Å². The quantitative estimate of drug-likeness (QED) is 0.588. The summed E-state index contributed by atoms with van der Waals surface area (Å²) in [6, 6.07) is 3.32. The molecule has 3 N–H and O–H groups in total. The predicted octanol–water partition coefficient (Wildman–Crippen LogP) is 1.67. The van der Waals surface area contributed by atoms with Gasteiger partial charge < -0.3 is 15.4 Å². The number of aryl methyl sites for hydroxylation is 1. The minimum atomic E-state index is -0.696. The van der Waals surface area contributed by atoms with Gasteiger partial charge in [0, 0.05) is 36.1 Å². The van der Waals surface area contributed by atoms with Crippen LogP contribution >= 0.6 is 11.3 Å². The maximum Gasteiger partial charge on any atom is 0.261 e. The molecule has 4 heterocycles. The number of hydrogen-bond acceptors (Lipinski definition) is 6. The summed E-state index contributed by atoms with van der Waals surface area (Å²) in [6.07, 6.45) is 5.57. The average Bonchev–Trinajstić information content (AvgIpc) is 3.15. The Kier molecular flexibility index (Phi) is 5.28. The van der Waals surface area contributed by atoms with Gasteiger partial charge in [-0.3, -0.25) is 18.9 Å². The lowest BCUT2D eigenvalue weighted by Crippen LogP contribution is -2.45. The number of nitrogens with zero attached hydrogens (tertiary/aromatic N) is 3. The van der Waals surface area contributed by atoms with Crippen molar-refractivity contribution in [2.75, 3.05) is 13.1 Å². The molecule has 3 aromatic heterocycles. The topological polar surface area (TPSA) is 103 Å². The number of hydrogen-bond donors (Lipinski definition) is 3. The van der Waals surface area contributed by atoms with Crippen molar-refractivity contribution < 1.29 is 9.90 Å². The minimum Gasteiger partial charge on any atom is -0.389 e. The van der Waals surface area contributed by atoms with Gasteiger partial charge in [-0.25, -0.2) is 4.98 Å². The highest BCUT2D eigenvalue weighted by Gasteiger charge is 2.28. The van der Waals surface area contributed by atoms with Crippen LogP contribution in [0.15, 0.2) is 29.3 Å². The van der Waals surface area contributed by atoms with Gasteiger partial charge in [-0.15, -0.1) is 11.3 Å². The molecule has 1 aliphatic heterocycles. The highest BCUT2D eigenvalue weighted by atomic mass is 32.1. The molecule has 1 saturated heterocycles. The van der Waals surface area contributed by atoms with Gasteiger partial charge in [0.25, 0.3) is 11.5 Å². The fraction of sp³-hybridized carbons (Fsp3) is 0.450. The number of aliphatic hydroxyl groups is 1. The first-order valence-corrected chi connectivity index (χ1v) is 10.5. The Hall–Kier alpha value is -2.49. The number of rotatable bonds is 5. The van der Waals surface area contributed by atoms with E-state index in [0.29, 0.717) is 13.1 Å². The zero-order valence-electron chi connectivity index (χ0n) is 16.6. The summed E-state index contributed by atoms with van der Waals surface area (Å²) in [5, 5.41) is 13.0. The summed E-state index contributed by atoms with van der Waals surface area (Å²) >= 11 is 1.59. The molecule has 1 atom stereocenters. The van der Waals surface area contributed by atoms with E-state index in [-0.39, 0.29) is 12.1 Å². The molecule has 0 radical (unpaired) electrons. The first kappa shape index (κ1) is 19.8. The van der Waals surface area contributed by atoms with Crippen molar-refractivity contribution >= 4 is 22.2 Å². The normalized spacial score (nSPS) is 20.2. The Balaban J connectivity index is 1.38. The van der Waals surface area contributed by atoms with Crippen LogP contribution in [0, 0.1) is 6.92 Å². The number of nitrogens with one attached hydrogen (secondary N) is 2. The molecule has 0 saturated carbocycles. The first-order valence-electron chi connectivity index (χ1n) is 9.68. The van der Waals surface area contributed by atoms with Crippen LogP contribution in [0.4, 0.5) is 0 Å². The Morgan fingerprint density at radius 3 is 2.97 bits per heavy atom. The summed E-state index contributed by atoms with van der Waals surface area (Å²) in [7, 11) is 0. The second kappa shape index (κ2) is 7.74. The number of piperidine rings is 1. The maximum atomic E-state index is 12.4. The number of carbonyl (C=O) groups excluding carboxylic acids is 1. The van der Waals surface area contributed by atoms with Crippen molar-refractivity contribution in [1.82, 2.24) is 24.6 Å². The molecule has 9 heteroatoms. The smallest absolute Gasteiger partial charge is 0.261 e. The van der Waals surface area contributed by atoms with Crippen LogP contribution in [0.3, 0.4) is 0 Å². The molecule has 4 rings (SSSR count). The molecular formula is C20H25N5O3S. The van der Waals surface area contributed by atoms with Crippen molar-refractivity contribution in [2.45, 2.75) is 45.4 Å². The van der Waals surface area contributed by atoms with Crippen LogP contribution in [0.2, 0.25) is 0 Å². The number of aromatic amines is 1. The van der Waals surface area contributed by atoms with Gasteiger partial charge in [-0.05, 0) is 45.4 Å². The van der Waals surface area contributed by atoms with Crippen LogP contribution < -0.4 is 10.9 Å². The van der Waals surface area contributed by atoms with Crippen LogP contribution in [-0.4, -0.2) is 49.0 Å². The van der Waals surface area contributed by atoms with Gasteiger partial charge in [0.15, 0.2) is 4.96 Å². The van der Waals surface area contributed by atoms with Crippen LogP contribution in [-0.2, 0) is 13.1 Å². The number of β-amino-alcohol motifs (C(OH)–C–C–N with tert-alkyl or cyclic N) is 1. The molecule has 0 bridgehead atoms. The van der Waals surface area contributed by atoms with Gasteiger partial charge in [0.1, 0.15) is 5.56 Å². The van der Waals surface area contributed by atoms with Gasteiger partial charge in [0.05, 0.1) is 17.8 Å². The van der Waals surface area contributed by atoms with Crippen LogP contribution in [0.1, 0.15) is 46.4 Å². The van der Waals surface area contributed by atoms with Crippen molar-refractivity contribution in [3.05, 3.63) is 56.7 Å². The highest BCUT2D eigenvalue weighted by Crippen LogP contribution is 2.21. The standard InChI is InChI=1S/C20H25N5O3S/c1-13-9-25-11-15(23-19(25)29-13)8-21-17(26)16-5-4-14(22-18(16)27)10-24-7-3-6-20(2,28)12-24/h4-5,9,11,28H,3,6-8,10,12H2,1-2H3,(H,21,26)(H,22,27)/t20-/m0/s1. The SMILES string of the molecule is Cc1cn2cc(CNC(=O)c3ccc(CN4CCC[C@](C)(O)C4)[nH]c3=O)nc2s1. The van der Waals surface area contributed by atoms with Gasteiger partial charge in [-0.2, -0.15) is 0 Å². The fourth-order valence-corrected chi connectivity index (χ4v) is 4.62. The predicted molar refractivity (Wildman–Crippen MR) is 111 cm³/mol. The first-order chi connectivity index (χ1) is 13.8. The highest BCUT2D eigenvalue weighted by molar-refractivity contribution is 7.16. The molecule has 1 amide bonds. The van der Waals surface area contributed by atoms with Crippen LogP contribution in [0.5, 0.6) is 0 Å². The second-order valence-corrected chi connectivity index (χ2v) is 9.20. The molecule has 1 fully saturated rings. The van der Waals surface area contributed by atoms with E-state index in [1.807, 2.05) is 30.6 Å². The second-order valence-electron chi connectivity index (χ2n) is 7.98. The molecular weight excluding hydrogens is 390 g/mol. The van der Waals surface area contributed by atoms with Crippen molar-refractivity contribution in [3.63, 3.8) is 0 Å². The van der Waals surface area contributed by atoms with Crippen LogP contribution in [0.25, 0.3) is 4.96 Å². The van der Waals surface area contributed by atoms with Crippen molar-refractivity contribution in [3.8, 4) is 0 Å². The van der Waals surface area contributed by atoms with E-state index in [4.69, 9.17) is 0 Å². The summed E-state index contributed by atoms with van der Waals surface area (Å²) < 4.78 is 1.93. The monoisotopic (exact) mass is 415 g/mol. The maximum absolute atomic E-state index is 12.4. The summed E-state index contributed by atoms with van der Waals surface area (Å²) in [5.74, 6) is -0.425. The van der Waals surface area contributed by atoms with E-state index < -0.39 is 17.1 Å².